The van der Waals surface area contributed by atoms with Crippen LogP contribution >= 0.6 is 11.3 Å². The van der Waals surface area contributed by atoms with E-state index in [4.69, 9.17) is 5.10 Å². The number of carbonyl (C=O) groups excluding carboxylic acids is 2. The van der Waals surface area contributed by atoms with E-state index in [0.29, 0.717) is 49.4 Å². The molecule has 0 spiro atoms. The molecule has 3 aromatic rings. The van der Waals surface area contributed by atoms with E-state index in [9.17, 15) is 9.59 Å². The fraction of sp³-hybridized carbons (Fsp3) is 0.500. The highest BCUT2D eigenvalue weighted by Gasteiger charge is 2.30. The van der Waals surface area contributed by atoms with Crippen molar-refractivity contribution in [2.24, 2.45) is 5.92 Å². The van der Waals surface area contributed by atoms with E-state index in [1.54, 1.807) is 28.5 Å². The lowest BCUT2D eigenvalue weighted by Crippen LogP contribution is -2.46. The summed E-state index contributed by atoms with van der Waals surface area (Å²) < 4.78 is 6.49. The van der Waals surface area contributed by atoms with E-state index in [0.717, 1.165) is 16.2 Å². The molecule has 1 saturated carbocycles. The van der Waals surface area contributed by atoms with Crippen LogP contribution in [-0.2, 0) is 4.74 Å². The van der Waals surface area contributed by atoms with Crippen LogP contribution in [0.2, 0.25) is 0 Å². The Labute approximate surface area is 195 Å². The molecule has 0 bridgehead atoms. The molecule has 0 aromatic carbocycles. The van der Waals surface area contributed by atoms with Gasteiger partial charge in [0.15, 0.2) is 11.6 Å². The number of hydrogen-bond donors (Lipinski definition) is 2. The van der Waals surface area contributed by atoms with Crippen molar-refractivity contribution in [3.63, 3.8) is 0 Å². The average Bonchev–Trinajstić information content (AvgIpc) is 3.51. The summed E-state index contributed by atoms with van der Waals surface area (Å²) in [6.45, 7) is 3.26. The molecule has 5 rings (SSSR count). The molecule has 1 aliphatic carbocycles. The largest absolute Gasteiger partial charge is 0.453 e. The maximum Gasteiger partial charge on any atom is 0.407 e. The van der Waals surface area contributed by atoms with E-state index < -0.39 is 6.09 Å². The highest BCUT2D eigenvalue weighted by molar-refractivity contribution is 7.16. The Morgan fingerprint density at radius 2 is 2.03 bits per heavy atom. The second kappa shape index (κ2) is 8.97. The Hall–Kier alpha value is -3.21. The zero-order valence-electron chi connectivity index (χ0n) is 18.7. The Morgan fingerprint density at radius 3 is 2.76 bits per heavy atom. The van der Waals surface area contributed by atoms with Crippen LogP contribution in [0, 0.1) is 5.92 Å². The number of hydrogen-bond acceptors (Lipinski definition) is 8. The van der Waals surface area contributed by atoms with Crippen LogP contribution in [0.25, 0.3) is 16.2 Å². The van der Waals surface area contributed by atoms with Gasteiger partial charge >= 0.3 is 6.09 Å². The van der Waals surface area contributed by atoms with Gasteiger partial charge in [-0.05, 0) is 44.6 Å². The smallest absolute Gasteiger partial charge is 0.407 e. The molecule has 174 valence electrons. The van der Waals surface area contributed by atoms with Crippen molar-refractivity contribution in [1.82, 2.24) is 29.8 Å². The first-order valence-corrected chi connectivity index (χ1v) is 12.1. The second-order valence-electron chi connectivity index (χ2n) is 8.61. The topological polar surface area (TPSA) is 114 Å². The number of nitrogens with zero attached hydrogens (tertiary/aromatic N) is 5. The van der Waals surface area contributed by atoms with Gasteiger partial charge in [-0.15, -0.1) is 16.4 Å². The van der Waals surface area contributed by atoms with Crippen molar-refractivity contribution >= 4 is 34.0 Å². The monoisotopic (exact) mass is 469 g/mol. The molecule has 1 atom stereocenters. The normalized spacial score (nSPS) is 17.7. The molecule has 0 radical (unpaired) electrons. The fourth-order valence-electron chi connectivity index (χ4n) is 4.23. The average molecular weight is 470 g/mol. The third kappa shape index (κ3) is 4.50. The summed E-state index contributed by atoms with van der Waals surface area (Å²) in [5.41, 5.74) is 1.18. The Bertz CT molecular complexity index is 1160. The highest BCUT2D eigenvalue weighted by atomic mass is 32.1. The minimum absolute atomic E-state index is 0.00378. The minimum atomic E-state index is -0.443. The van der Waals surface area contributed by atoms with Gasteiger partial charge in [0.25, 0.3) is 5.91 Å². The molecule has 2 N–H and O–H groups in total. The van der Waals surface area contributed by atoms with Gasteiger partial charge in [-0.2, -0.15) is 0 Å². The number of rotatable bonds is 6. The van der Waals surface area contributed by atoms with Crippen molar-refractivity contribution in [1.29, 1.82) is 0 Å². The van der Waals surface area contributed by atoms with E-state index in [2.05, 4.69) is 32.3 Å². The first-order valence-electron chi connectivity index (χ1n) is 11.2. The van der Waals surface area contributed by atoms with Crippen LogP contribution in [-0.4, -0.2) is 68.8 Å². The molecule has 2 amide bonds. The quantitative estimate of drug-likeness (QED) is 0.570. The molecule has 3 aromatic heterocycles. The molecule has 11 heteroatoms. The van der Waals surface area contributed by atoms with Gasteiger partial charge < -0.3 is 20.3 Å². The molecular formula is C22H27N7O3S. The molecule has 4 heterocycles. The number of ether oxygens (including phenoxy) is 1. The van der Waals surface area contributed by atoms with Crippen molar-refractivity contribution in [2.75, 3.05) is 25.5 Å². The number of carbonyl (C=O) groups is 2. The van der Waals surface area contributed by atoms with Crippen LogP contribution in [0.1, 0.15) is 43.1 Å². The van der Waals surface area contributed by atoms with Crippen LogP contribution in [0.15, 0.2) is 23.8 Å². The number of nitrogens with one attached hydrogen (secondary N) is 2. The van der Waals surface area contributed by atoms with Crippen LogP contribution in [0.4, 0.5) is 10.6 Å². The van der Waals surface area contributed by atoms with Gasteiger partial charge in [0.05, 0.1) is 12.7 Å². The number of anilines is 1. The summed E-state index contributed by atoms with van der Waals surface area (Å²) in [6, 6.07) is 1.97. The number of aromatic nitrogens is 4. The molecule has 10 nitrogen and oxygen atoms in total. The maximum atomic E-state index is 13.2. The van der Waals surface area contributed by atoms with Crippen molar-refractivity contribution in [3.8, 4) is 11.4 Å². The van der Waals surface area contributed by atoms with Crippen LogP contribution < -0.4 is 10.6 Å². The van der Waals surface area contributed by atoms with Crippen LogP contribution in [0.3, 0.4) is 0 Å². The number of alkyl carbamates (subject to hydrolysis) is 1. The zero-order chi connectivity index (χ0) is 22.9. The van der Waals surface area contributed by atoms with Gasteiger partial charge in [0, 0.05) is 42.9 Å². The fourth-order valence-corrected chi connectivity index (χ4v) is 5.05. The van der Waals surface area contributed by atoms with E-state index in [-0.39, 0.29) is 11.9 Å². The Morgan fingerprint density at radius 1 is 1.24 bits per heavy atom. The predicted molar refractivity (Wildman–Crippen MR) is 124 cm³/mol. The molecule has 2 aliphatic rings. The summed E-state index contributed by atoms with van der Waals surface area (Å²) in [5, 5.41) is 13.0. The first kappa shape index (κ1) is 21.6. The van der Waals surface area contributed by atoms with Crippen LogP contribution in [0.5, 0.6) is 0 Å². The summed E-state index contributed by atoms with van der Waals surface area (Å²) in [6.07, 6.45) is 6.91. The second-order valence-corrected chi connectivity index (χ2v) is 9.51. The highest BCUT2D eigenvalue weighted by Crippen LogP contribution is 2.37. The number of likely N-dealkylation sites (tertiary alicyclic amines) is 1. The zero-order valence-corrected chi connectivity index (χ0v) is 19.5. The van der Waals surface area contributed by atoms with Gasteiger partial charge in [0.1, 0.15) is 10.5 Å². The summed E-state index contributed by atoms with van der Waals surface area (Å²) in [5.74, 6) is 1.78. The number of thiazole rings is 1. The van der Waals surface area contributed by atoms with Crippen molar-refractivity contribution < 1.29 is 14.3 Å². The lowest BCUT2D eigenvalue weighted by molar-refractivity contribution is 0.0698. The molecule has 33 heavy (non-hydrogen) atoms. The Kier molecular flexibility index (Phi) is 5.88. The minimum Gasteiger partial charge on any atom is -0.453 e. The van der Waals surface area contributed by atoms with Gasteiger partial charge in [-0.3, -0.25) is 4.79 Å². The Balaban J connectivity index is 1.35. The third-order valence-corrected chi connectivity index (χ3v) is 7.20. The molecule has 1 saturated heterocycles. The lowest BCUT2D eigenvalue weighted by atomic mass is 10.0. The maximum absolute atomic E-state index is 13.2. The third-order valence-electron chi connectivity index (χ3n) is 6.33. The standard InChI is InChI=1S/C22H27N7O3S/c1-13(14-3-4-14)24-19-17(21-29(27-19)11-12-33-21)18-23-8-5-16(26-18)20(30)28-9-6-15(7-10-28)25-22(31)32-2/h5,8,11-15H,3-4,6-7,9-10H2,1-2H3,(H,24,27)(H,25,31)/t13-/m0/s1. The summed E-state index contributed by atoms with van der Waals surface area (Å²) >= 11 is 1.57. The molecule has 2 fully saturated rings. The van der Waals surface area contributed by atoms with E-state index in [1.807, 2.05) is 16.1 Å². The van der Waals surface area contributed by atoms with Gasteiger partial charge in [-0.25, -0.2) is 19.3 Å². The molecule has 0 unspecified atom stereocenters. The lowest BCUT2D eigenvalue weighted by Gasteiger charge is -2.31. The van der Waals surface area contributed by atoms with Crippen molar-refractivity contribution in [2.45, 2.75) is 44.7 Å². The summed E-state index contributed by atoms with van der Waals surface area (Å²) in [4.78, 5) is 36.5. The molecular weight excluding hydrogens is 442 g/mol. The van der Waals surface area contributed by atoms with Gasteiger partial charge in [-0.1, -0.05) is 0 Å². The number of fused-ring (bicyclic) bond motifs is 1. The van der Waals surface area contributed by atoms with Crippen molar-refractivity contribution in [3.05, 3.63) is 29.5 Å². The summed E-state index contributed by atoms with van der Waals surface area (Å²) in [7, 11) is 1.35. The SMILES string of the molecule is COC(=O)NC1CCN(C(=O)c2ccnc(-c3c(N[C@@H](C)C4CC4)nn4ccsc34)n2)CC1. The van der Waals surface area contributed by atoms with Gasteiger partial charge in [0.2, 0.25) is 0 Å². The number of methoxy groups -OCH3 is 1. The molecule has 1 aliphatic heterocycles. The predicted octanol–water partition coefficient (Wildman–Crippen LogP) is 3.02. The van der Waals surface area contributed by atoms with E-state index >= 15 is 0 Å². The van der Waals surface area contributed by atoms with E-state index in [1.165, 1.54) is 20.0 Å². The number of piperidine rings is 1. The number of amides is 2. The first-order chi connectivity index (χ1) is 16.0.